The maximum absolute atomic E-state index is 11.9. The number of hydrogen-bond acceptors (Lipinski definition) is 4. The van der Waals surface area contributed by atoms with Crippen molar-refractivity contribution in [2.45, 2.75) is 12.1 Å². The highest BCUT2D eigenvalue weighted by Gasteiger charge is 2.29. The second-order valence-electron chi connectivity index (χ2n) is 3.69. The van der Waals surface area contributed by atoms with Crippen LogP contribution in [0.25, 0.3) is 0 Å². The molecule has 0 saturated carbocycles. The van der Waals surface area contributed by atoms with Gasteiger partial charge >= 0.3 is 5.51 Å². The van der Waals surface area contributed by atoms with Crippen LogP contribution in [0, 0.1) is 0 Å². The number of halogens is 3. The first-order valence-electron chi connectivity index (χ1n) is 5.54. The molecule has 1 aromatic rings. The van der Waals surface area contributed by atoms with Gasteiger partial charge in [-0.25, -0.2) is 0 Å². The fraction of sp³-hybridized carbons (Fsp3) is 0.417. The molecule has 0 bridgehead atoms. The smallest absolute Gasteiger partial charge is 0.442 e. The molecule has 1 rings (SSSR count). The zero-order valence-corrected chi connectivity index (χ0v) is 11.7. The van der Waals surface area contributed by atoms with Crippen LogP contribution in [0.5, 0.6) is 11.5 Å². The zero-order chi connectivity index (χ0) is 15.2. The third-order valence-corrected chi connectivity index (χ3v) is 3.07. The fourth-order valence-corrected chi connectivity index (χ4v) is 1.79. The molecular weight excluding hydrogens is 295 g/mol. The van der Waals surface area contributed by atoms with Crippen molar-refractivity contribution in [1.29, 1.82) is 0 Å². The summed E-state index contributed by atoms with van der Waals surface area (Å²) < 4.78 is 45.9. The van der Waals surface area contributed by atoms with Crippen molar-refractivity contribution >= 4 is 17.7 Å². The first-order valence-corrected chi connectivity index (χ1v) is 6.52. The molecule has 0 atom stereocenters. The minimum absolute atomic E-state index is 0.0877. The molecule has 0 spiro atoms. The van der Waals surface area contributed by atoms with Crippen LogP contribution >= 0.6 is 11.8 Å². The summed E-state index contributed by atoms with van der Waals surface area (Å²) in [4.78, 5) is 11.3. The van der Waals surface area contributed by atoms with Crippen LogP contribution in [0.4, 0.5) is 13.2 Å². The molecule has 4 nitrogen and oxygen atoms in total. The number of carbonyl (C=O) groups excluding carboxylic acids is 1. The Bertz CT molecular complexity index is 466. The summed E-state index contributed by atoms with van der Waals surface area (Å²) >= 11 is -0.370. The predicted octanol–water partition coefficient (Wildman–Crippen LogP) is 2.57. The molecule has 0 heterocycles. The number of alkyl halides is 3. The predicted molar refractivity (Wildman–Crippen MR) is 69.9 cm³/mol. The monoisotopic (exact) mass is 309 g/mol. The maximum atomic E-state index is 11.9. The minimum atomic E-state index is -4.41. The number of benzene rings is 1. The van der Waals surface area contributed by atoms with Gasteiger partial charge in [0.25, 0.3) is 0 Å². The molecule has 0 aliphatic carbocycles. The Morgan fingerprint density at radius 2 is 2.00 bits per heavy atom. The van der Waals surface area contributed by atoms with Crippen LogP contribution in [0.2, 0.25) is 0 Å². The van der Waals surface area contributed by atoms with Crippen LogP contribution in [0.15, 0.2) is 18.2 Å². The maximum Gasteiger partial charge on any atom is 0.442 e. The number of rotatable bonds is 6. The van der Waals surface area contributed by atoms with E-state index in [9.17, 15) is 18.0 Å². The highest BCUT2D eigenvalue weighted by Crippen LogP contribution is 2.29. The number of amides is 1. The van der Waals surface area contributed by atoms with Gasteiger partial charge in [-0.2, -0.15) is 13.2 Å². The van der Waals surface area contributed by atoms with Crippen molar-refractivity contribution in [3.8, 4) is 11.5 Å². The molecule has 0 radical (unpaired) electrons. The van der Waals surface area contributed by atoms with Gasteiger partial charge in [0.2, 0.25) is 5.91 Å². The Balaban J connectivity index is 2.55. The highest BCUT2D eigenvalue weighted by atomic mass is 32.2. The summed E-state index contributed by atoms with van der Waals surface area (Å²) in [5.74, 6) is -0.273. The van der Waals surface area contributed by atoms with Crippen LogP contribution in [-0.4, -0.2) is 31.4 Å². The van der Waals surface area contributed by atoms with E-state index in [4.69, 9.17) is 9.47 Å². The Morgan fingerprint density at radius 3 is 2.55 bits per heavy atom. The van der Waals surface area contributed by atoms with Crippen LogP contribution in [-0.2, 0) is 11.3 Å². The Hall–Kier alpha value is -1.57. The molecule has 0 unspecified atom stereocenters. The van der Waals surface area contributed by atoms with E-state index in [0.29, 0.717) is 17.1 Å². The van der Waals surface area contributed by atoms with Gasteiger partial charge in [0.05, 0.1) is 20.0 Å². The third-order valence-electron chi connectivity index (χ3n) is 2.34. The Morgan fingerprint density at radius 1 is 1.30 bits per heavy atom. The lowest BCUT2D eigenvalue weighted by molar-refractivity contribution is -0.119. The quantitative estimate of drug-likeness (QED) is 0.877. The van der Waals surface area contributed by atoms with E-state index in [1.807, 2.05) is 0 Å². The van der Waals surface area contributed by atoms with E-state index in [1.54, 1.807) is 18.2 Å². The highest BCUT2D eigenvalue weighted by molar-refractivity contribution is 8.00. The number of nitrogens with one attached hydrogen (secondary N) is 1. The van der Waals surface area contributed by atoms with Crippen molar-refractivity contribution in [3.63, 3.8) is 0 Å². The molecule has 0 saturated heterocycles. The van der Waals surface area contributed by atoms with Crippen LogP contribution in [0.1, 0.15) is 5.56 Å². The first-order chi connectivity index (χ1) is 9.35. The molecule has 0 fully saturated rings. The lowest BCUT2D eigenvalue weighted by Gasteiger charge is -2.11. The summed E-state index contributed by atoms with van der Waals surface area (Å²) in [6, 6.07) is 4.98. The lowest BCUT2D eigenvalue weighted by atomic mass is 10.2. The zero-order valence-electron chi connectivity index (χ0n) is 10.9. The molecule has 1 amide bonds. The number of hydrogen-bond donors (Lipinski definition) is 1. The van der Waals surface area contributed by atoms with Gasteiger partial charge < -0.3 is 14.8 Å². The number of thioether (sulfide) groups is 1. The topological polar surface area (TPSA) is 47.6 Å². The normalized spacial score (nSPS) is 11.1. The molecule has 0 aromatic heterocycles. The van der Waals surface area contributed by atoms with E-state index in [2.05, 4.69) is 5.32 Å². The SMILES string of the molecule is COc1ccc(CNC(=O)CSC(F)(F)F)c(OC)c1. The van der Waals surface area contributed by atoms with Gasteiger partial charge in [0.1, 0.15) is 11.5 Å². The summed E-state index contributed by atoms with van der Waals surface area (Å²) in [6.07, 6.45) is 0. The van der Waals surface area contributed by atoms with Crippen molar-refractivity contribution in [3.05, 3.63) is 23.8 Å². The first kappa shape index (κ1) is 16.5. The van der Waals surface area contributed by atoms with Crippen molar-refractivity contribution in [1.82, 2.24) is 5.32 Å². The van der Waals surface area contributed by atoms with Gasteiger partial charge in [-0.3, -0.25) is 4.79 Å². The second-order valence-corrected chi connectivity index (χ2v) is 4.73. The van der Waals surface area contributed by atoms with Gasteiger partial charge in [-0.1, -0.05) is 0 Å². The third kappa shape index (κ3) is 5.60. The fourth-order valence-electron chi connectivity index (χ4n) is 1.39. The molecule has 20 heavy (non-hydrogen) atoms. The van der Waals surface area contributed by atoms with Crippen molar-refractivity contribution < 1.29 is 27.4 Å². The molecule has 1 aromatic carbocycles. The number of carbonyl (C=O) groups is 1. The molecule has 112 valence electrons. The average molecular weight is 309 g/mol. The van der Waals surface area contributed by atoms with Crippen molar-refractivity contribution in [2.75, 3.05) is 20.0 Å². The van der Waals surface area contributed by atoms with E-state index >= 15 is 0 Å². The minimum Gasteiger partial charge on any atom is -0.497 e. The number of methoxy groups -OCH3 is 2. The van der Waals surface area contributed by atoms with E-state index in [-0.39, 0.29) is 18.3 Å². The van der Waals surface area contributed by atoms with Crippen molar-refractivity contribution in [2.24, 2.45) is 0 Å². The Labute approximate surface area is 118 Å². The average Bonchev–Trinajstić information content (AvgIpc) is 2.41. The molecule has 0 aliphatic heterocycles. The Kier molecular flexibility index (Phi) is 6.00. The van der Waals surface area contributed by atoms with Crippen LogP contribution < -0.4 is 14.8 Å². The van der Waals surface area contributed by atoms with Gasteiger partial charge in [-0.05, 0) is 23.9 Å². The standard InChI is InChI=1S/C12H14F3NO3S/c1-18-9-4-3-8(10(5-9)19-2)6-16-11(17)7-20-12(13,14)15/h3-5H,6-7H2,1-2H3,(H,16,17). The number of ether oxygens (including phenoxy) is 2. The summed E-state index contributed by atoms with van der Waals surface area (Å²) in [7, 11) is 2.96. The molecule has 1 N–H and O–H groups in total. The van der Waals surface area contributed by atoms with Gasteiger partial charge in [0, 0.05) is 18.2 Å². The lowest BCUT2D eigenvalue weighted by Crippen LogP contribution is -2.26. The summed E-state index contributed by atoms with van der Waals surface area (Å²) in [5.41, 5.74) is -3.76. The summed E-state index contributed by atoms with van der Waals surface area (Å²) in [5, 5.41) is 2.40. The molecule has 0 aliphatic rings. The van der Waals surface area contributed by atoms with E-state index in [0.717, 1.165) is 0 Å². The van der Waals surface area contributed by atoms with E-state index < -0.39 is 17.2 Å². The molecule has 8 heteroatoms. The van der Waals surface area contributed by atoms with Gasteiger partial charge in [-0.15, -0.1) is 0 Å². The van der Waals surface area contributed by atoms with Crippen LogP contribution in [0.3, 0.4) is 0 Å². The largest absolute Gasteiger partial charge is 0.497 e. The second kappa shape index (κ2) is 7.28. The van der Waals surface area contributed by atoms with E-state index in [1.165, 1.54) is 14.2 Å². The van der Waals surface area contributed by atoms with Gasteiger partial charge in [0.15, 0.2) is 0 Å². The molecular formula is C12H14F3NO3S. The summed E-state index contributed by atoms with van der Waals surface area (Å²) in [6.45, 7) is 0.0877.